The molecule has 5 heteroatoms. The van der Waals surface area contributed by atoms with Crippen LogP contribution < -0.4 is 19.5 Å². The van der Waals surface area contributed by atoms with Crippen LogP contribution in [0.4, 0.5) is 5.69 Å². The van der Waals surface area contributed by atoms with Crippen molar-refractivity contribution in [3.63, 3.8) is 0 Å². The molecule has 0 amide bonds. The van der Waals surface area contributed by atoms with Crippen molar-refractivity contribution in [2.45, 2.75) is 0 Å². The lowest BCUT2D eigenvalue weighted by Gasteiger charge is -2.11. The van der Waals surface area contributed by atoms with E-state index in [1.807, 2.05) is 12.1 Å². The largest absolute Gasteiger partial charge is 0.491 e. The van der Waals surface area contributed by atoms with Crippen LogP contribution in [0.3, 0.4) is 0 Å². The minimum absolute atomic E-state index is 0.0671. The van der Waals surface area contributed by atoms with Gasteiger partial charge in [-0.25, -0.2) is 0 Å². The molecule has 82 valence electrons. The maximum Gasteiger partial charge on any atom is 0.231 e. The van der Waals surface area contributed by atoms with Gasteiger partial charge >= 0.3 is 0 Å². The number of aliphatic hydroxyl groups excluding tert-OH is 1. The third-order valence-corrected chi connectivity index (χ3v) is 2.13. The fourth-order valence-electron chi connectivity index (χ4n) is 1.48. The van der Waals surface area contributed by atoms with Crippen molar-refractivity contribution in [3.05, 3.63) is 12.1 Å². The van der Waals surface area contributed by atoms with Crippen LogP contribution in [0, 0.1) is 0 Å². The van der Waals surface area contributed by atoms with Gasteiger partial charge in [-0.2, -0.15) is 0 Å². The average molecular weight is 211 g/mol. The van der Waals surface area contributed by atoms with Crippen molar-refractivity contribution in [3.8, 4) is 17.2 Å². The lowest BCUT2D eigenvalue weighted by Crippen LogP contribution is -2.06. The first-order chi connectivity index (χ1) is 7.36. The van der Waals surface area contributed by atoms with Crippen LogP contribution in [0.25, 0.3) is 0 Å². The molecule has 2 N–H and O–H groups in total. The van der Waals surface area contributed by atoms with Crippen LogP contribution in [-0.4, -0.2) is 32.2 Å². The van der Waals surface area contributed by atoms with E-state index in [0.717, 1.165) is 5.69 Å². The highest BCUT2D eigenvalue weighted by Crippen LogP contribution is 2.45. The summed E-state index contributed by atoms with van der Waals surface area (Å²) in [6, 6.07) is 3.65. The summed E-state index contributed by atoms with van der Waals surface area (Å²) in [5.41, 5.74) is 0.788. The first-order valence-electron chi connectivity index (χ1n) is 4.68. The van der Waals surface area contributed by atoms with Gasteiger partial charge in [0.1, 0.15) is 0 Å². The van der Waals surface area contributed by atoms with Gasteiger partial charge in [-0.3, -0.25) is 0 Å². The molecule has 0 saturated carbocycles. The Morgan fingerprint density at radius 1 is 1.47 bits per heavy atom. The monoisotopic (exact) mass is 211 g/mol. The van der Waals surface area contributed by atoms with Gasteiger partial charge in [-0.1, -0.05) is 0 Å². The highest BCUT2D eigenvalue weighted by molar-refractivity contribution is 5.68. The number of fused-ring (bicyclic) bond motifs is 1. The van der Waals surface area contributed by atoms with E-state index in [1.54, 1.807) is 7.11 Å². The number of nitrogens with one attached hydrogen (secondary N) is 1. The lowest BCUT2D eigenvalue weighted by molar-refractivity contribution is 0.171. The second-order valence-electron chi connectivity index (χ2n) is 3.03. The third kappa shape index (κ3) is 1.78. The number of benzene rings is 1. The molecule has 1 aromatic rings. The molecular weight excluding hydrogens is 198 g/mol. The fraction of sp³-hybridized carbons (Fsp3) is 0.400. The van der Waals surface area contributed by atoms with Gasteiger partial charge in [0, 0.05) is 6.54 Å². The van der Waals surface area contributed by atoms with Crippen molar-refractivity contribution in [1.82, 2.24) is 0 Å². The van der Waals surface area contributed by atoms with E-state index in [4.69, 9.17) is 19.3 Å². The summed E-state index contributed by atoms with van der Waals surface area (Å²) in [6.45, 7) is 0.753. The number of rotatable bonds is 4. The summed E-state index contributed by atoms with van der Waals surface area (Å²) in [5.74, 6) is 1.90. The zero-order valence-electron chi connectivity index (χ0n) is 8.45. The van der Waals surface area contributed by atoms with Gasteiger partial charge in [-0.05, 0) is 12.1 Å². The second kappa shape index (κ2) is 4.27. The van der Waals surface area contributed by atoms with Gasteiger partial charge in [0.05, 0.1) is 19.4 Å². The molecule has 0 unspecified atom stereocenters. The number of anilines is 1. The summed E-state index contributed by atoms with van der Waals surface area (Å²) >= 11 is 0. The number of hydrogen-bond donors (Lipinski definition) is 2. The van der Waals surface area contributed by atoms with Gasteiger partial charge < -0.3 is 24.6 Å². The first kappa shape index (κ1) is 9.92. The molecular formula is C10H13NO4. The van der Waals surface area contributed by atoms with Crippen LogP contribution in [0.15, 0.2) is 12.1 Å². The number of hydrogen-bond acceptors (Lipinski definition) is 5. The Morgan fingerprint density at radius 3 is 3.07 bits per heavy atom. The Bertz CT molecular complexity index is 354. The molecule has 2 rings (SSSR count). The minimum Gasteiger partial charge on any atom is -0.491 e. The van der Waals surface area contributed by atoms with E-state index in [0.29, 0.717) is 23.8 Å². The Balaban J connectivity index is 2.30. The zero-order valence-corrected chi connectivity index (χ0v) is 8.45. The number of methoxy groups -OCH3 is 1. The topological polar surface area (TPSA) is 60.0 Å². The van der Waals surface area contributed by atoms with Crippen LogP contribution in [0.2, 0.25) is 0 Å². The molecule has 0 fully saturated rings. The van der Waals surface area contributed by atoms with Crippen molar-refractivity contribution in [2.24, 2.45) is 0 Å². The third-order valence-electron chi connectivity index (χ3n) is 2.13. The van der Waals surface area contributed by atoms with E-state index >= 15 is 0 Å². The van der Waals surface area contributed by atoms with Gasteiger partial charge in [0.25, 0.3) is 0 Å². The van der Waals surface area contributed by atoms with E-state index in [2.05, 4.69) is 5.32 Å². The summed E-state index contributed by atoms with van der Waals surface area (Å²) in [7, 11) is 1.57. The highest BCUT2D eigenvalue weighted by Gasteiger charge is 2.21. The Kier molecular flexibility index (Phi) is 2.82. The number of aliphatic hydroxyl groups is 1. The van der Waals surface area contributed by atoms with Crippen molar-refractivity contribution >= 4 is 5.69 Å². The quantitative estimate of drug-likeness (QED) is 0.772. The van der Waals surface area contributed by atoms with E-state index in [1.165, 1.54) is 0 Å². The van der Waals surface area contributed by atoms with Crippen molar-refractivity contribution in [2.75, 3.05) is 32.4 Å². The van der Waals surface area contributed by atoms with Gasteiger partial charge in [0.15, 0.2) is 11.5 Å². The van der Waals surface area contributed by atoms with Crippen LogP contribution in [0.5, 0.6) is 17.2 Å². The fourth-order valence-corrected chi connectivity index (χ4v) is 1.48. The Labute approximate surface area is 87.6 Å². The average Bonchev–Trinajstić information content (AvgIpc) is 2.73. The Morgan fingerprint density at radius 2 is 2.33 bits per heavy atom. The second-order valence-corrected chi connectivity index (χ2v) is 3.03. The molecule has 1 heterocycles. The van der Waals surface area contributed by atoms with E-state index < -0.39 is 0 Å². The molecule has 1 aromatic carbocycles. The molecule has 1 aliphatic heterocycles. The van der Waals surface area contributed by atoms with Gasteiger partial charge in [-0.15, -0.1) is 0 Å². The molecule has 0 spiro atoms. The molecule has 1 aliphatic rings. The molecule has 15 heavy (non-hydrogen) atoms. The van der Waals surface area contributed by atoms with Crippen LogP contribution in [0.1, 0.15) is 0 Å². The maximum atomic E-state index is 8.73. The normalized spacial score (nSPS) is 12.7. The predicted octanol–water partition coefficient (Wildman–Crippen LogP) is 0.828. The molecule has 5 nitrogen and oxygen atoms in total. The first-order valence-corrected chi connectivity index (χ1v) is 4.68. The van der Waals surface area contributed by atoms with Gasteiger partial charge in [0.2, 0.25) is 12.5 Å². The molecule has 0 radical (unpaired) electrons. The lowest BCUT2D eigenvalue weighted by atomic mass is 10.2. The van der Waals surface area contributed by atoms with Crippen LogP contribution >= 0.6 is 0 Å². The molecule has 0 saturated heterocycles. The van der Waals surface area contributed by atoms with Crippen molar-refractivity contribution in [1.29, 1.82) is 0 Å². The predicted molar refractivity (Wildman–Crippen MR) is 54.7 cm³/mol. The molecule has 0 aromatic heterocycles. The Hall–Kier alpha value is -1.62. The van der Waals surface area contributed by atoms with Crippen molar-refractivity contribution < 1.29 is 19.3 Å². The maximum absolute atomic E-state index is 8.73. The SMILES string of the molecule is COc1c(NCCO)ccc2c1OCO2. The summed E-state index contributed by atoms with van der Waals surface area (Å²) in [4.78, 5) is 0. The molecule has 0 atom stereocenters. The summed E-state index contributed by atoms with van der Waals surface area (Å²) < 4.78 is 15.7. The van der Waals surface area contributed by atoms with E-state index in [-0.39, 0.29) is 13.4 Å². The standard InChI is InChI=1S/C10H13NO4/c1-13-9-7(11-4-5-12)2-3-8-10(9)15-6-14-8/h2-3,11-12H,4-6H2,1H3. The van der Waals surface area contributed by atoms with E-state index in [9.17, 15) is 0 Å². The summed E-state index contributed by atoms with van der Waals surface area (Å²) in [5, 5.41) is 11.8. The summed E-state index contributed by atoms with van der Waals surface area (Å²) in [6.07, 6.45) is 0. The minimum atomic E-state index is 0.0671. The highest BCUT2D eigenvalue weighted by atomic mass is 16.7. The zero-order chi connectivity index (χ0) is 10.7. The number of ether oxygens (including phenoxy) is 3. The smallest absolute Gasteiger partial charge is 0.231 e. The van der Waals surface area contributed by atoms with Crippen LogP contribution in [-0.2, 0) is 0 Å². The molecule has 0 aliphatic carbocycles. The molecule has 0 bridgehead atoms.